The molecule has 0 saturated carbocycles. The first-order chi connectivity index (χ1) is 10.9. The summed E-state index contributed by atoms with van der Waals surface area (Å²) in [6.45, 7) is 0.498. The lowest BCUT2D eigenvalue weighted by Crippen LogP contribution is -2.29. The highest BCUT2D eigenvalue weighted by Gasteiger charge is 2.15. The SMILES string of the molecule is O=[N+]([O-])c1ccc(S(=O)(=O)NCCNc2ccc(Br)cn2)cc1. The van der Waals surface area contributed by atoms with Crippen LogP contribution >= 0.6 is 15.9 Å². The van der Waals surface area contributed by atoms with Gasteiger partial charge in [0, 0.05) is 35.9 Å². The third-order valence-corrected chi connectivity index (χ3v) is 4.75. The Bertz CT molecular complexity index is 779. The number of non-ortho nitro benzene ring substituents is 1. The van der Waals surface area contributed by atoms with Gasteiger partial charge in [0.2, 0.25) is 10.0 Å². The molecule has 0 bridgehead atoms. The number of sulfonamides is 1. The minimum absolute atomic E-state index is 0.0233. The normalized spacial score (nSPS) is 11.2. The number of aromatic nitrogens is 1. The average Bonchev–Trinajstić information content (AvgIpc) is 2.53. The van der Waals surface area contributed by atoms with Crippen molar-refractivity contribution < 1.29 is 13.3 Å². The van der Waals surface area contributed by atoms with E-state index >= 15 is 0 Å². The molecule has 1 aromatic heterocycles. The summed E-state index contributed by atoms with van der Waals surface area (Å²) >= 11 is 3.27. The molecule has 10 heteroatoms. The monoisotopic (exact) mass is 400 g/mol. The van der Waals surface area contributed by atoms with Crippen LogP contribution in [0.1, 0.15) is 0 Å². The van der Waals surface area contributed by atoms with Crippen molar-refractivity contribution in [2.45, 2.75) is 4.90 Å². The van der Waals surface area contributed by atoms with Crippen LogP contribution in [0.2, 0.25) is 0 Å². The third kappa shape index (κ3) is 4.98. The molecule has 0 spiro atoms. The number of nitrogens with zero attached hydrogens (tertiary/aromatic N) is 2. The maximum Gasteiger partial charge on any atom is 0.269 e. The Hall–Kier alpha value is -2.04. The van der Waals surface area contributed by atoms with E-state index in [0.29, 0.717) is 12.4 Å². The van der Waals surface area contributed by atoms with Crippen LogP contribution in [0.15, 0.2) is 52.0 Å². The Morgan fingerprint density at radius 2 is 1.83 bits per heavy atom. The molecule has 0 aliphatic heterocycles. The third-order valence-electron chi connectivity index (χ3n) is 2.81. The first kappa shape index (κ1) is 17.3. The summed E-state index contributed by atoms with van der Waals surface area (Å²) in [7, 11) is -3.70. The number of hydrogen-bond acceptors (Lipinski definition) is 6. The molecule has 0 amide bonds. The van der Waals surface area contributed by atoms with Crippen LogP contribution in [-0.4, -0.2) is 31.4 Å². The van der Waals surface area contributed by atoms with Gasteiger partial charge >= 0.3 is 0 Å². The smallest absolute Gasteiger partial charge is 0.269 e. The zero-order valence-electron chi connectivity index (χ0n) is 11.8. The summed E-state index contributed by atoms with van der Waals surface area (Å²) in [4.78, 5) is 14.0. The van der Waals surface area contributed by atoms with Crippen molar-refractivity contribution in [3.05, 3.63) is 57.2 Å². The van der Waals surface area contributed by atoms with E-state index in [0.717, 1.165) is 16.6 Å². The van der Waals surface area contributed by atoms with Crippen molar-refractivity contribution in [1.82, 2.24) is 9.71 Å². The zero-order chi connectivity index (χ0) is 16.9. The fourth-order valence-corrected chi connectivity index (χ4v) is 2.95. The molecule has 23 heavy (non-hydrogen) atoms. The van der Waals surface area contributed by atoms with Crippen molar-refractivity contribution in [2.75, 3.05) is 18.4 Å². The average molecular weight is 401 g/mol. The van der Waals surface area contributed by atoms with Crippen molar-refractivity contribution in [1.29, 1.82) is 0 Å². The molecule has 0 aliphatic rings. The molecule has 0 aliphatic carbocycles. The maximum atomic E-state index is 12.0. The van der Waals surface area contributed by atoms with Gasteiger partial charge in [0.1, 0.15) is 5.82 Å². The molecule has 0 radical (unpaired) electrons. The molecule has 0 saturated heterocycles. The van der Waals surface area contributed by atoms with E-state index in [1.807, 2.05) is 6.07 Å². The van der Waals surface area contributed by atoms with Crippen LogP contribution in [0.3, 0.4) is 0 Å². The summed E-state index contributed by atoms with van der Waals surface area (Å²) < 4.78 is 27.3. The van der Waals surface area contributed by atoms with Gasteiger partial charge in [-0.2, -0.15) is 0 Å². The number of nitrogens with one attached hydrogen (secondary N) is 2. The molecule has 0 unspecified atom stereocenters. The highest BCUT2D eigenvalue weighted by molar-refractivity contribution is 9.10. The number of benzene rings is 1. The number of hydrogen-bond donors (Lipinski definition) is 2. The summed E-state index contributed by atoms with van der Waals surface area (Å²) in [5.41, 5.74) is -0.160. The number of pyridine rings is 1. The Kier molecular flexibility index (Phi) is 5.64. The number of nitro groups is 1. The van der Waals surface area contributed by atoms with Crippen LogP contribution in [0.25, 0.3) is 0 Å². The first-order valence-corrected chi connectivity index (χ1v) is 8.76. The first-order valence-electron chi connectivity index (χ1n) is 6.48. The van der Waals surface area contributed by atoms with Gasteiger partial charge < -0.3 is 5.32 Å². The Balaban J connectivity index is 1.88. The summed E-state index contributed by atoms with van der Waals surface area (Å²) in [6, 6.07) is 8.27. The van der Waals surface area contributed by atoms with E-state index in [4.69, 9.17) is 0 Å². The Morgan fingerprint density at radius 1 is 1.13 bits per heavy atom. The van der Waals surface area contributed by atoms with Crippen LogP contribution in [0.4, 0.5) is 11.5 Å². The fraction of sp³-hybridized carbons (Fsp3) is 0.154. The van der Waals surface area contributed by atoms with Crippen molar-refractivity contribution in [2.24, 2.45) is 0 Å². The van der Waals surface area contributed by atoms with Crippen LogP contribution < -0.4 is 10.0 Å². The van der Waals surface area contributed by atoms with Gasteiger partial charge in [-0.25, -0.2) is 18.1 Å². The lowest BCUT2D eigenvalue weighted by atomic mass is 10.3. The van der Waals surface area contributed by atoms with Crippen molar-refractivity contribution >= 4 is 37.5 Å². The summed E-state index contributed by atoms with van der Waals surface area (Å²) in [6.07, 6.45) is 1.63. The van der Waals surface area contributed by atoms with Gasteiger partial charge in [-0.3, -0.25) is 10.1 Å². The standard InChI is InChI=1S/C13H13BrN4O4S/c14-10-1-6-13(16-9-10)15-7-8-17-23(21,22)12-4-2-11(3-5-12)18(19)20/h1-6,9,17H,7-8H2,(H,15,16). The largest absolute Gasteiger partial charge is 0.369 e. The van der Waals surface area contributed by atoms with Gasteiger partial charge in [0.25, 0.3) is 5.69 Å². The molecule has 1 heterocycles. The minimum atomic E-state index is -3.70. The van der Waals surface area contributed by atoms with E-state index in [1.54, 1.807) is 12.3 Å². The number of anilines is 1. The molecule has 2 N–H and O–H groups in total. The topological polar surface area (TPSA) is 114 Å². The van der Waals surface area contributed by atoms with Gasteiger partial charge in [0.15, 0.2) is 0 Å². The highest BCUT2D eigenvalue weighted by atomic mass is 79.9. The summed E-state index contributed by atoms with van der Waals surface area (Å²) in [5.74, 6) is 0.628. The second-order valence-electron chi connectivity index (χ2n) is 4.44. The highest BCUT2D eigenvalue weighted by Crippen LogP contribution is 2.15. The predicted octanol–water partition coefficient (Wildman–Crippen LogP) is 2.14. The van der Waals surface area contributed by atoms with Crippen molar-refractivity contribution in [3.8, 4) is 0 Å². The van der Waals surface area contributed by atoms with Gasteiger partial charge in [0.05, 0.1) is 9.82 Å². The maximum absolute atomic E-state index is 12.0. The lowest BCUT2D eigenvalue weighted by molar-refractivity contribution is -0.384. The number of halogens is 1. The number of nitro benzene ring substituents is 1. The van der Waals surface area contributed by atoms with E-state index in [1.165, 1.54) is 12.1 Å². The minimum Gasteiger partial charge on any atom is -0.369 e. The van der Waals surface area contributed by atoms with Crippen LogP contribution in [0, 0.1) is 10.1 Å². The molecule has 122 valence electrons. The van der Waals surface area contributed by atoms with Gasteiger partial charge in [-0.15, -0.1) is 0 Å². The van der Waals surface area contributed by atoms with Crippen LogP contribution in [0.5, 0.6) is 0 Å². The Morgan fingerprint density at radius 3 is 2.39 bits per heavy atom. The van der Waals surface area contributed by atoms with E-state index in [2.05, 4.69) is 31.0 Å². The molecule has 2 aromatic rings. The molecule has 1 aromatic carbocycles. The number of rotatable bonds is 7. The van der Waals surface area contributed by atoms with Gasteiger partial charge in [-0.05, 0) is 40.2 Å². The molecule has 8 nitrogen and oxygen atoms in total. The second kappa shape index (κ2) is 7.49. The molecule has 0 fully saturated rings. The fourth-order valence-electron chi connectivity index (χ4n) is 1.69. The molecular weight excluding hydrogens is 388 g/mol. The van der Waals surface area contributed by atoms with E-state index in [9.17, 15) is 18.5 Å². The van der Waals surface area contributed by atoms with Gasteiger partial charge in [-0.1, -0.05) is 0 Å². The summed E-state index contributed by atoms with van der Waals surface area (Å²) in [5, 5.41) is 13.5. The predicted molar refractivity (Wildman–Crippen MR) is 88.7 cm³/mol. The quantitative estimate of drug-likeness (QED) is 0.418. The van der Waals surface area contributed by atoms with E-state index < -0.39 is 14.9 Å². The lowest BCUT2D eigenvalue weighted by Gasteiger charge is -2.08. The van der Waals surface area contributed by atoms with E-state index in [-0.39, 0.29) is 17.1 Å². The second-order valence-corrected chi connectivity index (χ2v) is 7.12. The molecule has 2 rings (SSSR count). The Labute approximate surface area is 141 Å². The zero-order valence-corrected chi connectivity index (χ0v) is 14.2. The van der Waals surface area contributed by atoms with Crippen LogP contribution in [-0.2, 0) is 10.0 Å². The molecule has 0 atom stereocenters. The van der Waals surface area contributed by atoms with Crippen molar-refractivity contribution in [3.63, 3.8) is 0 Å². The molecular formula is C13H13BrN4O4S.